The third-order valence-electron chi connectivity index (χ3n) is 3.51. The van der Waals surface area contributed by atoms with Crippen molar-refractivity contribution in [2.75, 3.05) is 11.9 Å². The molecule has 4 amide bonds. The van der Waals surface area contributed by atoms with Crippen molar-refractivity contribution in [2.45, 2.75) is 32.6 Å². The molecule has 0 atom stereocenters. The Morgan fingerprint density at radius 1 is 1.29 bits per heavy atom. The zero-order valence-corrected chi connectivity index (χ0v) is 12.4. The SMILES string of the molecule is CCCNC(=O)Nc1cccc2c1C(C)(C)C(=O)NC2=O. The lowest BCUT2D eigenvalue weighted by atomic mass is 9.77. The Hall–Kier alpha value is -2.37. The third kappa shape index (κ3) is 2.74. The zero-order chi connectivity index (χ0) is 15.6. The van der Waals surface area contributed by atoms with Crippen LogP contribution in [-0.2, 0) is 10.2 Å². The summed E-state index contributed by atoms with van der Waals surface area (Å²) >= 11 is 0. The molecule has 6 heteroatoms. The number of hydrogen-bond acceptors (Lipinski definition) is 3. The first-order valence-corrected chi connectivity index (χ1v) is 6.92. The van der Waals surface area contributed by atoms with E-state index in [1.807, 2.05) is 6.92 Å². The second-order valence-electron chi connectivity index (χ2n) is 5.52. The van der Waals surface area contributed by atoms with Gasteiger partial charge in [0.05, 0.1) is 5.41 Å². The summed E-state index contributed by atoms with van der Waals surface area (Å²) in [6, 6.07) is 4.67. The molecular weight excluding hydrogens is 270 g/mol. The second-order valence-corrected chi connectivity index (χ2v) is 5.52. The highest BCUT2D eigenvalue weighted by Gasteiger charge is 2.41. The maximum atomic E-state index is 12.0. The highest BCUT2D eigenvalue weighted by molar-refractivity contribution is 6.14. The fourth-order valence-corrected chi connectivity index (χ4v) is 2.36. The number of rotatable bonds is 3. The Morgan fingerprint density at radius 2 is 2.00 bits per heavy atom. The van der Waals surface area contributed by atoms with Gasteiger partial charge in [0.2, 0.25) is 5.91 Å². The summed E-state index contributed by atoms with van der Waals surface area (Å²) in [4.78, 5) is 35.8. The van der Waals surface area contributed by atoms with Gasteiger partial charge in [0, 0.05) is 23.4 Å². The molecular formula is C15H19N3O3. The van der Waals surface area contributed by atoms with Gasteiger partial charge in [-0.15, -0.1) is 0 Å². The molecule has 21 heavy (non-hydrogen) atoms. The van der Waals surface area contributed by atoms with E-state index in [1.165, 1.54) is 0 Å². The number of amides is 4. The van der Waals surface area contributed by atoms with Crippen molar-refractivity contribution in [2.24, 2.45) is 0 Å². The van der Waals surface area contributed by atoms with E-state index >= 15 is 0 Å². The van der Waals surface area contributed by atoms with E-state index in [2.05, 4.69) is 16.0 Å². The molecule has 0 spiro atoms. The first kappa shape index (κ1) is 15.0. The lowest BCUT2D eigenvalue weighted by molar-refractivity contribution is -0.125. The highest BCUT2D eigenvalue weighted by atomic mass is 16.2. The van der Waals surface area contributed by atoms with Crippen LogP contribution in [0.25, 0.3) is 0 Å². The molecule has 0 unspecified atom stereocenters. The Kier molecular flexibility index (Phi) is 3.97. The van der Waals surface area contributed by atoms with Gasteiger partial charge in [-0.3, -0.25) is 14.9 Å². The molecule has 1 aliphatic heterocycles. The van der Waals surface area contributed by atoms with Crippen molar-refractivity contribution in [3.05, 3.63) is 29.3 Å². The van der Waals surface area contributed by atoms with Crippen LogP contribution >= 0.6 is 0 Å². The molecule has 0 fully saturated rings. The van der Waals surface area contributed by atoms with Gasteiger partial charge in [-0.05, 0) is 32.4 Å². The Balaban J connectivity index is 2.41. The van der Waals surface area contributed by atoms with Crippen molar-refractivity contribution >= 4 is 23.5 Å². The molecule has 1 heterocycles. The molecule has 0 radical (unpaired) electrons. The molecule has 1 aromatic rings. The van der Waals surface area contributed by atoms with Crippen molar-refractivity contribution < 1.29 is 14.4 Å². The number of anilines is 1. The summed E-state index contributed by atoms with van der Waals surface area (Å²) in [6.07, 6.45) is 0.826. The van der Waals surface area contributed by atoms with Crippen LogP contribution in [0.15, 0.2) is 18.2 Å². The average Bonchev–Trinajstić information content (AvgIpc) is 2.43. The molecule has 0 saturated heterocycles. The van der Waals surface area contributed by atoms with E-state index in [9.17, 15) is 14.4 Å². The number of imide groups is 1. The lowest BCUT2D eigenvalue weighted by Gasteiger charge is -2.32. The van der Waals surface area contributed by atoms with Crippen LogP contribution in [-0.4, -0.2) is 24.4 Å². The standard InChI is InChI=1S/C15H19N3O3/c1-4-8-16-14(21)17-10-7-5-6-9-11(10)15(2,3)13(20)18-12(9)19/h5-7H,4,8H2,1-3H3,(H2,16,17,21)(H,18,19,20). The third-order valence-corrected chi connectivity index (χ3v) is 3.51. The van der Waals surface area contributed by atoms with Crippen molar-refractivity contribution in [1.82, 2.24) is 10.6 Å². The van der Waals surface area contributed by atoms with E-state index in [-0.39, 0.29) is 11.9 Å². The number of benzene rings is 1. The molecule has 0 saturated carbocycles. The van der Waals surface area contributed by atoms with E-state index in [1.54, 1.807) is 32.0 Å². The number of nitrogens with one attached hydrogen (secondary N) is 3. The number of hydrogen-bond donors (Lipinski definition) is 3. The number of carbonyl (C=O) groups is 3. The Bertz CT molecular complexity index is 608. The van der Waals surface area contributed by atoms with Crippen LogP contribution < -0.4 is 16.0 Å². The van der Waals surface area contributed by atoms with E-state index in [0.29, 0.717) is 23.4 Å². The van der Waals surface area contributed by atoms with Crippen LogP contribution in [0.2, 0.25) is 0 Å². The maximum absolute atomic E-state index is 12.0. The smallest absolute Gasteiger partial charge is 0.319 e. The molecule has 0 aromatic heterocycles. The Labute approximate surface area is 123 Å². The zero-order valence-electron chi connectivity index (χ0n) is 12.4. The molecule has 0 aliphatic carbocycles. The summed E-state index contributed by atoms with van der Waals surface area (Å²) in [7, 11) is 0. The number of fused-ring (bicyclic) bond motifs is 1. The minimum Gasteiger partial charge on any atom is -0.338 e. The van der Waals surface area contributed by atoms with Crippen LogP contribution in [0.5, 0.6) is 0 Å². The van der Waals surface area contributed by atoms with Gasteiger partial charge in [-0.1, -0.05) is 13.0 Å². The summed E-state index contributed by atoms with van der Waals surface area (Å²) in [5.41, 5.74) is 0.547. The quantitative estimate of drug-likeness (QED) is 0.741. The van der Waals surface area contributed by atoms with Gasteiger partial charge >= 0.3 is 6.03 Å². The van der Waals surface area contributed by atoms with Crippen LogP contribution in [0.1, 0.15) is 43.1 Å². The van der Waals surface area contributed by atoms with Crippen molar-refractivity contribution in [1.29, 1.82) is 0 Å². The first-order chi connectivity index (χ1) is 9.87. The molecule has 3 N–H and O–H groups in total. The molecule has 1 aliphatic rings. The summed E-state index contributed by atoms with van der Waals surface area (Å²) < 4.78 is 0. The topological polar surface area (TPSA) is 87.3 Å². The molecule has 1 aromatic carbocycles. The van der Waals surface area contributed by atoms with Crippen molar-refractivity contribution in [3.63, 3.8) is 0 Å². The van der Waals surface area contributed by atoms with Crippen LogP contribution in [0.3, 0.4) is 0 Å². The normalized spacial score (nSPS) is 16.0. The maximum Gasteiger partial charge on any atom is 0.319 e. The predicted molar refractivity (Wildman–Crippen MR) is 79.3 cm³/mol. The van der Waals surface area contributed by atoms with Crippen LogP contribution in [0.4, 0.5) is 10.5 Å². The fourth-order valence-electron chi connectivity index (χ4n) is 2.36. The van der Waals surface area contributed by atoms with E-state index in [4.69, 9.17) is 0 Å². The summed E-state index contributed by atoms with van der Waals surface area (Å²) in [5, 5.41) is 7.76. The minimum atomic E-state index is -0.891. The van der Waals surface area contributed by atoms with Crippen LogP contribution in [0, 0.1) is 0 Å². The number of urea groups is 1. The van der Waals surface area contributed by atoms with Gasteiger partial charge in [-0.2, -0.15) is 0 Å². The molecule has 6 nitrogen and oxygen atoms in total. The second kappa shape index (κ2) is 5.55. The predicted octanol–water partition coefficient (Wildman–Crippen LogP) is 1.77. The van der Waals surface area contributed by atoms with Gasteiger partial charge in [0.25, 0.3) is 5.91 Å². The Morgan fingerprint density at radius 3 is 2.67 bits per heavy atom. The minimum absolute atomic E-state index is 0.348. The average molecular weight is 289 g/mol. The number of carbonyl (C=O) groups excluding carboxylic acids is 3. The summed E-state index contributed by atoms with van der Waals surface area (Å²) in [5.74, 6) is -0.810. The summed E-state index contributed by atoms with van der Waals surface area (Å²) in [6.45, 7) is 5.96. The monoisotopic (exact) mass is 289 g/mol. The molecule has 2 rings (SSSR count). The lowest BCUT2D eigenvalue weighted by Crippen LogP contribution is -2.49. The fraction of sp³-hybridized carbons (Fsp3) is 0.400. The first-order valence-electron chi connectivity index (χ1n) is 6.92. The van der Waals surface area contributed by atoms with Gasteiger partial charge < -0.3 is 10.6 Å². The van der Waals surface area contributed by atoms with Crippen molar-refractivity contribution in [3.8, 4) is 0 Å². The molecule has 0 bridgehead atoms. The van der Waals surface area contributed by atoms with Gasteiger partial charge in [-0.25, -0.2) is 4.79 Å². The van der Waals surface area contributed by atoms with E-state index in [0.717, 1.165) is 6.42 Å². The largest absolute Gasteiger partial charge is 0.338 e. The highest BCUT2D eigenvalue weighted by Crippen LogP contribution is 2.36. The molecule has 112 valence electrons. The van der Waals surface area contributed by atoms with E-state index < -0.39 is 11.3 Å². The van der Waals surface area contributed by atoms with Gasteiger partial charge in [0.15, 0.2) is 0 Å². The van der Waals surface area contributed by atoms with Gasteiger partial charge in [0.1, 0.15) is 0 Å².